The average Bonchev–Trinajstić information content (AvgIpc) is 2.55. The van der Waals surface area contributed by atoms with Crippen LogP contribution in [0.4, 0.5) is 30.7 Å². The molecule has 0 N–H and O–H groups in total. The lowest BCUT2D eigenvalue weighted by molar-refractivity contribution is -0.354. The van der Waals surface area contributed by atoms with E-state index in [0.717, 1.165) is 6.92 Å². The SMILES string of the molecule is C=C(C)C(=O)OC(OCCCCC(F)(F)C(F)(F)S)(C(=O)OCCC)C(F)(F)F. The van der Waals surface area contributed by atoms with Gasteiger partial charge in [0.25, 0.3) is 0 Å². The standard InChI is InChI=1S/C16H21F7O5S/c1-4-8-26-12(25)14(15(19,20)21,28-11(24)10(2)3)27-9-6-5-7-13(17,18)16(22,23)29/h29H,2,4-9H2,1,3H3. The first kappa shape index (κ1) is 27.5. The van der Waals surface area contributed by atoms with Crippen molar-refractivity contribution in [3.63, 3.8) is 0 Å². The molecule has 0 amide bonds. The highest BCUT2D eigenvalue weighted by Crippen LogP contribution is 2.41. The van der Waals surface area contributed by atoms with Gasteiger partial charge in [-0.1, -0.05) is 26.1 Å². The van der Waals surface area contributed by atoms with Crippen molar-refractivity contribution < 1.29 is 54.5 Å². The Morgan fingerprint density at radius 2 is 1.55 bits per heavy atom. The van der Waals surface area contributed by atoms with Crippen LogP contribution in [0.1, 0.15) is 39.5 Å². The molecule has 1 unspecified atom stereocenters. The van der Waals surface area contributed by atoms with Crippen molar-refractivity contribution >= 4 is 24.6 Å². The number of hydrogen-bond acceptors (Lipinski definition) is 6. The molecule has 170 valence electrons. The second kappa shape index (κ2) is 10.5. The van der Waals surface area contributed by atoms with Crippen LogP contribution in [0.15, 0.2) is 12.2 Å². The smallest absolute Gasteiger partial charge is 0.461 e. The van der Waals surface area contributed by atoms with Gasteiger partial charge >= 0.3 is 35.1 Å². The highest BCUT2D eigenvalue weighted by molar-refractivity contribution is 7.81. The minimum absolute atomic E-state index is 0.140. The van der Waals surface area contributed by atoms with Gasteiger partial charge in [0.2, 0.25) is 0 Å². The summed E-state index contributed by atoms with van der Waals surface area (Å²) in [6.07, 6.45) is -8.15. The van der Waals surface area contributed by atoms with Gasteiger partial charge < -0.3 is 14.2 Å². The van der Waals surface area contributed by atoms with Crippen molar-refractivity contribution in [1.82, 2.24) is 0 Å². The molecule has 1 atom stereocenters. The van der Waals surface area contributed by atoms with Gasteiger partial charge in [-0.3, -0.25) is 0 Å². The molecule has 0 aromatic heterocycles. The topological polar surface area (TPSA) is 61.8 Å². The predicted octanol–water partition coefficient (Wildman–Crippen LogP) is 4.66. The van der Waals surface area contributed by atoms with Gasteiger partial charge in [-0.2, -0.15) is 30.7 Å². The Balaban J connectivity index is 5.36. The summed E-state index contributed by atoms with van der Waals surface area (Å²) in [5.74, 6) is -12.4. The van der Waals surface area contributed by atoms with Crippen LogP contribution in [0.3, 0.4) is 0 Å². The van der Waals surface area contributed by atoms with Crippen LogP contribution >= 0.6 is 12.6 Å². The maximum absolute atomic E-state index is 13.6. The molecule has 0 aliphatic heterocycles. The molecule has 0 aromatic rings. The molecular weight excluding hydrogens is 437 g/mol. The van der Waals surface area contributed by atoms with E-state index in [4.69, 9.17) is 0 Å². The molecule has 0 aromatic carbocycles. The third-order valence-electron chi connectivity index (χ3n) is 3.29. The van der Waals surface area contributed by atoms with Crippen LogP contribution in [-0.4, -0.2) is 48.3 Å². The number of alkyl halides is 7. The van der Waals surface area contributed by atoms with E-state index in [1.807, 2.05) is 0 Å². The molecule has 0 fully saturated rings. The number of rotatable bonds is 12. The monoisotopic (exact) mass is 458 g/mol. The molecule has 5 nitrogen and oxygen atoms in total. The molecule has 0 saturated heterocycles. The number of unbranched alkanes of at least 4 members (excludes halogenated alkanes) is 1. The number of esters is 2. The summed E-state index contributed by atoms with van der Waals surface area (Å²) in [6, 6.07) is 0. The summed E-state index contributed by atoms with van der Waals surface area (Å²) in [7, 11) is 0. The van der Waals surface area contributed by atoms with Crippen molar-refractivity contribution in [1.29, 1.82) is 0 Å². The first-order chi connectivity index (χ1) is 13.0. The minimum Gasteiger partial charge on any atom is -0.461 e. The quantitative estimate of drug-likeness (QED) is 0.115. The summed E-state index contributed by atoms with van der Waals surface area (Å²) < 4.78 is 105. The van der Waals surface area contributed by atoms with Gasteiger partial charge in [0, 0.05) is 12.0 Å². The van der Waals surface area contributed by atoms with Crippen LogP contribution in [0.25, 0.3) is 0 Å². The number of ether oxygens (including phenoxy) is 3. The maximum Gasteiger partial charge on any atom is 0.468 e. The van der Waals surface area contributed by atoms with E-state index in [0.29, 0.717) is 0 Å². The van der Waals surface area contributed by atoms with E-state index in [9.17, 15) is 40.3 Å². The molecule has 0 radical (unpaired) electrons. The molecule has 0 rings (SSSR count). The van der Waals surface area contributed by atoms with Crippen molar-refractivity contribution in [2.75, 3.05) is 13.2 Å². The summed E-state index contributed by atoms with van der Waals surface area (Å²) >= 11 is 2.47. The van der Waals surface area contributed by atoms with Gasteiger partial charge in [-0.15, -0.1) is 0 Å². The number of carbonyl (C=O) groups is 2. The molecule has 0 saturated carbocycles. The second-order valence-corrected chi connectivity index (χ2v) is 6.53. The molecule has 0 spiro atoms. The van der Waals surface area contributed by atoms with Crippen molar-refractivity contribution in [2.45, 2.75) is 62.7 Å². The fourth-order valence-electron chi connectivity index (χ4n) is 1.71. The van der Waals surface area contributed by atoms with Crippen molar-refractivity contribution in [3.8, 4) is 0 Å². The van der Waals surface area contributed by atoms with Gasteiger partial charge in [0.1, 0.15) is 0 Å². The Morgan fingerprint density at radius 3 is 1.97 bits per heavy atom. The van der Waals surface area contributed by atoms with Crippen LogP contribution < -0.4 is 0 Å². The summed E-state index contributed by atoms with van der Waals surface area (Å²) in [6.45, 7) is 4.11. The Kier molecular flexibility index (Phi) is 9.96. The van der Waals surface area contributed by atoms with E-state index in [1.165, 1.54) is 6.92 Å². The van der Waals surface area contributed by atoms with Crippen molar-refractivity contribution in [2.24, 2.45) is 0 Å². The first-order valence-electron chi connectivity index (χ1n) is 8.26. The third kappa shape index (κ3) is 7.68. The largest absolute Gasteiger partial charge is 0.468 e. The number of thiol groups is 1. The average molecular weight is 458 g/mol. The Hall–Kier alpha value is -1.50. The number of halogens is 7. The molecule has 29 heavy (non-hydrogen) atoms. The zero-order valence-corrected chi connectivity index (χ0v) is 16.5. The summed E-state index contributed by atoms with van der Waals surface area (Å²) in [5.41, 5.74) is -0.485. The Labute approximate surface area is 168 Å². The molecule has 0 aliphatic rings. The summed E-state index contributed by atoms with van der Waals surface area (Å²) in [4.78, 5) is 23.6. The van der Waals surface area contributed by atoms with Crippen LogP contribution in [0.2, 0.25) is 0 Å². The highest BCUT2D eigenvalue weighted by Gasteiger charge is 2.67. The Morgan fingerprint density at radius 1 is 1.00 bits per heavy atom. The van der Waals surface area contributed by atoms with Crippen LogP contribution in [0.5, 0.6) is 0 Å². The highest BCUT2D eigenvalue weighted by atomic mass is 32.1. The van der Waals surface area contributed by atoms with E-state index < -0.39 is 73.1 Å². The predicted molar refractivity (Wildman–Crippen MR) is 89.6 cm³/mol. The summed E-state index contributed by atoms with van der Waals surface area (Å²) in [5, 5.41) is -4.62. The lowest BCUT2D eigenvalue weighted by atomic mass is 10.1. The van der Waals surface area contributed by atoms with Gasteiger partial charge in [0.15, 0.2) is 0 Å². The lowest BCUT2D eigenvalue weighted by Gasteiger charge is -2.32. The second-order valence-electron chi connectivity index (χ2n) is 5.97. The molecule has 0 aliphatic carbocycles. The maximum atomic E-state index is 13.6. The van der Waals surface area contributed by atoms with Gasteiger partial charge in [-0.25, -0.2) is 9.59 Å². The van der Waals surface area contributed by atoms with Crippen molar-refractivity contribution in [3.05, 3.63) is 12.2 Å². The lowest BCUT2D eigenvalue weighted by Crippen LogP contribution is -2.58. The third-order valence-corrected chi connectivity index (χ3v) is 3.62. The molecule has 0 bridgehead atoms. The first-order valence-corrected chi connectivity index (χ1v) is 8.71. The van der Waals surface area contributed by atoms with E-state index in [-0.39, 0.29) is 6.42 Å². The fourth-order valence-corrected chi connectivity index (χ4v) is 1.82. The zero-order valence-electron chi connectivity index (χ0n) is 15.6. The molecule has 13 heteroatoms. The molecule has 0 heterocycles. The number of hydrogen-bond donors (Lipinski definition) is 1. The minimum atomic E-state index is -5.59. The Bertz CT molecular complexity index is 589. The van der Waals surface area contributed by atoms with Gasteiger partial charge in [-0.05, 0) is 26.2 Å². The van der Waals surface area contributed by atoms with E-state index in [2.05, 4.69) is 33.4 Å². The molecular formula is C16H21F7O5S. The zero-order chi connectivity index (χ0) is 23.1. The fraction of sp³-hybridized carbons (Fsp3) is 0.750. The van der Waals surface area contributed by atoms with Gasteiger partial charge in [0.05, 0.1) is 13.2 Å². The normalized spacial score (nSPS) is 14.8. The number of carbonyl (C=O) groups excluding carboxylic acids is 2. The van der Waals surface area contributed by atoms with E-state index in [1.54, 1.807) is 0 Å². The van der Waals surface area contributed by atoms with E-state index >= 15 is 0 Å². The van der Waals surface area contributed by atoms with Crippen LogP contribution in [-0.2, 0) is 23.8 Å². The van der Waals surface area contributed by atoms with Crippen LogP contribution in [0, 0.1) is 0 Å².